The van der Waals surface area contributed by atoms with Crippen molar-refractivity contribution in [3.63, 3.8) is 0 Å². The van der Waals surface area contributed by atoms with Crippen LogP contribution in [0.15, 0.2) is 24.3 Å². The third-order valence-electron chi connectivity index (χ3n) is 5.59. The summed E-state index contributed by atoms with van der Waals surface area (Å²) in [5, 5.41) is 5.17. The molecule has 2 atom stereocenters. The van der Waals surface area contributed by atoms with Crippen molar-refractivity contribution in [3.05, 3.63) is 44.9 Å². The first-order chi connectivity index (χ1) is 13.0. The highest BCUT2D eigenvalue weighted by Crippen LogP contribution is 2.50. The molecule has 0 saturated carbocycles. The first kappa shape index (κ1) is 19.2. The van der Waals surface area contributed by atoms with Gasteiger partial charge in [-0.3, -0.25) is 0 Å². The van der Waals surface area contributed by atoms with E-state index in [1.807, 2.05) is 0 Å². The summed E-state index contributed by atoms with van der Waals surface area (Å²) in [6.45, 7) is 8.07. The molecule has 2 aromatic rings. The Morgan fingerprint density at radius 3 is 2.44 bits per heavy atom. The molecule has 4 rings (SSSR count). The number of benzene rings is 2. The largest absolute Gasteiger partial charge is 0.487 e. The van der Waals surface area contributed by atoms with Crippen molar-refractivity contribution in [2.75, 3.05) is 31.1 Å². The molecule has 0 aromatic heterocycles. The van der Waals surface area contributed by atoms with Gasteiger partial charge in [0.2, 0.25) is 0 Å². The second-order valence-electron chi connectivity index (χ2n) is 7.09. The monoisotopic (exact) mass is 424 g/mol. The van der Waals surface area contributed by atoms with E-state index in [1.54, 1.807) is 12.1 Å². The lowest BCUT2D eigenvalue weighted by Crippen LogP contribution is -2.37. The van der Waals surface area contributed by atoms with Gasteiger partial charge in [0.25, 0.3) is 0 Å². The van der Waals surface area contributed by atoms with E-state index in [9.17, 15) is 0 Å². The van der Waals surface area contributed by atoms with Gasteiger partial charge in [0.15, 0.2) is 0 Å². The molecule has 0 aliphatic carbocycles. The fraction of sp³-hybridized carbons (Fsp3) is 0.429. The van der Waals surface area contributed by atoms with Crippen LogP contribution >= 0.6 is 34.8 Å². The standard InChI is InChI=1S/C21H23Cl3N2O/c1-3-26(4-2)18-8-12(20-16(23)9-13(22)10-17(20)24)7-14-15-11-25-6-5-19(15)27-21(14)18/h7-10,15,19,25H,3-6,11H2,1-2H3. The molecule has 3 nitrogen and oxygen atoms in total. The Kier molecular flexibility index (Phi) is 5.48. The predicted molar refractivity (Wildman–Crippen MR) is 115 cm³/mol. The van der Waals surface area contributed by atoms with Gasteiger partial charge in [0.1, 0.15) is 11.9 Å². The minimum Gasteiger partial charge on any atom is -0.487 e. The summed E-state index contributed by atoms with van der Waals surface area (Å²) in [5.41, 5.74) is 4.20. The van der Waals surface area contributed by atoms with Crippen LogP contribution < -0.4 is 15.0 Å². The number of anilines is 1. The lowest BCUT2D eigenvalue weighted by atomic mass is 9.88. The lowest BCUT2D eigenvalue weighted by Gasteiger charge is -2.25. The number of fused-ring (bicyclic) bond motifs is 3. The fourth-order valence-corrected chi connectivity index (χ4v) is 5.27. The summed E-state index contributed by atoms with van der Waals surface area (Å²) in [6, 6.07) is 7.84. The van der Waals surface area contributed by atoms with Crippen LogP contribution in [0.2, 0.25) is 15.1 Å². The highest BCUT2D eigenvalue weighted by Gasteiger charge is 2.38. The zero-order valence-corrected chi connectivity index (χ0v) is 17.8. The molecule has 2 heterocycles. The molecule has 0 radical (unpaired) electrons. The molecule has 0 amide bonds. The van der Waals surface area contributed by atoms with Crippen LogP contribution in [0.4, 0.5) is 5.69 Å². The summed E-state index contributed by atoms with van der Waals surface area (Å²) in [7, 11) is 0. The lowest BCUT2D eigenvalue weighted by molar-refractivity contribution is 0.172. The summed E-state index contributed by atoms with van der Waals surface area (Å²) in [4.78, 5) is 2.32. The van der Waals surface area contributed by atoms with Crippen molar-refractivity contribution in [2.45, 2.75) is 32.3 Å². The van der Waals surface area contributed by atoms with E-state index in [2.05, 4.69) is 36.2 Å². The van der Waals surface area contributed by atoms with Gasteiger partial charge in [-0.2, -0.15) is 0 Å². The highest BCUT2D eigenvalue weighted by atomic mass is 35.5. The molecule has 2 aliphatic heterocycles. The Balaban J connectivity index is 1.91. The van der Waals surface area contributed by atoms with E-state index in [0.717, 1.165) is 55.2 Å². The molecule has 2 aromatic carbocycles. The van der Waals surface area contributed by atoms with Gasteiger partial charge in [-0.05, 0) is 56.6 Å². The van der Waals surface area contributed by atoms with Crippen LogP contribution in [0.1, 0.15) is 31.7 Å². The van der Waals surface area contributed by atoms with Crippen LogP contribution in [0, 0.1) is 0 Å². The Morgan fingerprint density at radius 2 is 1.78 bits per heavy atom. The number of hydrogen-bond donors (Lipinski definition) is 1. The van der Waals surface area contributed by atoms with Gasteiger partial charge >= 0.3 is 0 Å². The maximum absolute atomic E-state index is 6.53. The molecule has 1 fully saturated rings. The van der Waals surface area contributed by atoms with Crippen molar-refractivity contribution >= 4 is 40.5 Å². The predicted octanol–water partition coefficient (Wildman–Crippen LogP) is 6.00. The molecule has 144 valence electrons. The zero-order chi connectivity index (χ0) is 19.1. The molecule has 2 aliphatic rings. The maximum Gasteiger partial charge on any atom is 0.146 e. The molecule has 1 saturated heterocycles. The van der Waals surface area contributed by atoms with E-state index in [1.165, 1.54) is 5.56 Å². The van der Waals surface area contributed by atoms with Gasteiger partial charge in [-0.15, -0.1) is 0 Å². The summed E-state index contributed by atoms with van der Waals surface area (Å²) in [5.74, 6) is 1.37. The normalized spacial score (nSPS) is 20.8. The average molecular weight is 426 g/mol. The van der Waals surface area contributed by atoms with Gasteiger partial charge in [-0.25, -0.2) is 0 Å². The molecule has 1 N–H and O–H groups in total. The maximum atomic E-state index is 6.53. The van der Waals surface area contributed by atoms with Gasteiger partial charge in [-0.1, -0.05) is 34.8 Å². The third kappa shape index (κ3) is 3.40. The summed E-state index contributed by atoms with van der Waals surface area (Å²) >= 11 is 19.2. The van der Waals surface area contributed by atoms with Crippen molar-refractivity contribution in [2.24, 2.45) is 0 Å². The number of nitrogens with one attached hydrogen (secondary N) is 1. The van der Waals surface area contributed by atoms with Crippen molar-refractivity contribution in [1.82, 2.24) is 5.32 Å². The molecule has 27 heavy (non-hydrogen) atoms. The first-order valence-corrected chi connectivity index (χ1v) is 10.6. The van der Waals surface area contributed by atoms with Gasteiger partial charge < -0.3 is 15.0 Å². The SMILES string of the molecule is CCN(CC)c1cc(-c2c(Cl)cc(Cl)cc2Cl)cc2c1OC1CCNCC21. The van der Waals surface area contributed by atoms with Crippen molar-refractivity contribution in [1.29, 1.82) is 0 Å². The van der Waals surface area contributed by atoms with Gasteiger partial charge in [0.05, 0.1) is 15.7 Å². The second-order valence-corrected chi connectivity index (χ2v) is 8.34. The van der Waals surface area contributed by atoms with E-state index < -0.39 is 0 Å². The topological polar surface area (TPSA) is 24.5 Å². The minimum absolute atomic E-state index is 0.238. The molecule has 0 spiro atoms. The quantitative estimate of drug-likeness (QED) is 0.650. The van der Waals surface area contributed by atoms with Crippen LogP contribution in [0.5, 0.6) is 5.75 Å². The molecule has 0 bridgehead atoms. The van der Waals surface area contributed by atoms with E-state index in [0.29, 0.717) is 21.0 Å². The number of nitrogens with zero attached hydrogens (tertiary/aromatic N) is 1. The third-order valence-corrected chi connectivity index (χ3v) is 6.40. The van der Waals surface area contributed by atoms with E-state index >= 15 is 0 Å². The minimum atomic E-state index is 0.238. The van der Waals surface area contributed by atoms with Crippen LogP contribution in [-0.4, -0.2) is 32.3 Å². The Morgan fingerprint density at radius 1 is 1.07 bits per heavy atom. The van der Waals surface area contributed by atoms with Crippen molar-refractivity contribution < 1.29 is 4.74 Å². The van der Waals surface area contributed by atoms with Crippen LogP contribution in [0.25, 0.3) is 11.1 Å². The molecule has 6 heteroatoms. The zero-order valence-electron chi connectivity index (χ0n) is 15.5. The summed E-state index contributed by atoms with van der Waals surface area (Å²) in [6.07, 6.45) is 1.26. The Labute approximate surface area is 175 Å². The van der Waals surface area contributed by atoms with Crippen molar-refractivity contribution in [3.8, 4) is 16.9 Å². The van der Waals surface area contributed by atoms with Crippen LogP contribution in [0.3, 0.4) is 0 Å². The van der Waals surface area contributed by atoms with Crippen LogP contribution in [-0.2, 0) is 0 Å². The number of hydrogen-bond acceptors (Lipinski definition) is 3. The number of rotatable bonds is 4. The van der Waals surface area contributed by atoms with Gasteiger partial charge in [0, 0.05) is 41.7 Å². The number of piperidine rings is 1. The molecular formula is C21H23Cl3N2O. The Bertz CT molecular complexity index is 844. The van der Waals surface area contributed by atoms with E-state index in [4.69, 9.17) is 39.5 Å². The Hall–Kier alpha value is -1.13. The fourth-order valence-electron chi connectivity index (χ4n) is 4.24. The average Bonchev–Trinajstić information content (AvgIpc) is 3.01. The smallest absolute Gasteiger partial charge is 0.146 e. The summed E-state index contributed by atoms with van der Waals surface area (Å²) < 4.78 is 6.43. The molecular weight excluding hydrogens is 403 g/mol. The first-order valence-electron chi connectivity index (χ1n) is 9.48. The number of halogens is 3. The number of ether oxygens (including phenoxy) is 1. The molecule has 2 unspecified atom stereocenters. The van der Waals surface area contributed by atoms with E-state index in [-0.39, 0.29) is 6.10 Å². The highest BCUT2D eigenvalue weighted by molar-refractivity contribution is 6.41. The second kappa shape index (κ2) is 7.71.